The fourth-order valence-corrected chi connectivity index (χ4v) is 2.32. The first-order valence-corrected chi connectivity index (χ1v) is 6.53. The molecule has 0 aliphatic carbocycles. The van der Waals surface area contributed by atoms with Crippen LogP contribution in [0, 0.1) is 11.8 Å². The normalized spacial score (nSPS) is 12.3. The van der Waals surface area contributed by atoms with Crippen molar-refractivity contribution in [2.24, 2.45) is 0 Å². The zero-order chi connectivity index (χ0) is 12.7. The summed E-state index contributed by atoms with van der Waals surface area (Å²) in [4.78, 5) is 3.43. The van der Waals surface area contributed by atoms with Gasteiger partial charge in [0.15, 0.2) is 0 Å². The van der Waals surface area contributed by atoms with Crippen molar-refractivity contribution in [2.75, 3.05) is 20.2 Å². The Morgan fingerprint density at radius 1 is 1.53 bits per heavy atom. The molecule has 94 valence electrons. The quantitative estimate of drug-likeness (QED) is 0.777. The molecule has 0 saturated carbocycles. The molecule has 1 rings (SSSR count). The molecule has 0 amide bonds. The maximum absolute atomic E-state index is 9.20. The summed E-state index contributed by atoms with van der Waals surface area (Å²) in [6.07, 6.45) is 0.547. The molecule has 1 atom stereocenters. The van der Waals surface area contributed by atoms with Gasteiger partial charge in [0.05, 0.1) is 6.10 Å². The van der Waals surface area contributed by atoms with Gasteiger partial charge in [0.1, 0.15) is 6.61 Å². The molecule has 1 heterocycles. The highest BCUT2D eigenvalue weighted by atomic mass is 32.1. The van der Waals surface area contributed by atoms with E-state index in [1.54, 1.807) is 11.3 Å². The summed E-state index contributed by atoms with van der Waals surface area (Å²) in [5.41, 5.74) is 0.961. The summed E-state index contributed by atoms with van der Waals surface area (Å²) in [7, 11) is 2.04. The molecule has 1 unspecified atom stereocenters. The van der Waals surface area contributed by atoms with Crippen molar-refractivity contribution >= 4 is 11.3 Å². The number of nitrogens with zero attached hydrogens (tertiary/aromatic N) is 1. The molecule has 0 saturated heterocycles. The third-order valence-electron chi connectivity index (χ3n) is 2.32. The van der Waals surface area contributed by atoms with Gasteiger partial charge in [0.2, 0.25) is 0 Å². The Balaban J connectivity index is 2.43. The van der Waals surface area contributed by atoms with Crippen molar-refractivity contribution in [1.82, 2.24) is 4.90 Å². The molecule has 0 aromatic carbocycles. The van der Waals surface area contributed by atoms with Crippen molar-refractivity contribution in [1.29, 1.82) is 0 Å². The maximum atomic E-state index is 9.20. The molecule has 3 nitrogen and oxygen atoms in total. The molecule has 0 aliphatic heterocycles. The number of rotatable bonds is 5. The summed E-state index contributed by atoms with van der Waals surface area (Å²) in [5, 5.41) is 19.8. The van der Waals surface area contributed by atoms with Gasteiger partial charge in [-0.2, -0.15) is 0 Å². The first kappa shape index (κ1) is 14.2. The smallest absolute Gasteiger partial charge is 0.104 e. The molecule has 2 N–H and O–H groups in total. The van der Waals surface area contributed by atoms with Gasteiger partial charge in [-0.3, -0.25) is 0 Å². The average Bonchev–Trinajstić information content (AvgIpc) is 2.71. The lowest BCUT2D eigenvalue weighted by Gasteiger charge is -2.16. The van der Waals surface area contributed by atoms with Crippen LogP contribution in [0.4, 0.5) is 0 Å². The van der Waals surface area contributed by atoms with Crippen LogP contribution in [0.3, 0.4) is 0 Å². The second-order valence-corrected chi connectivity index (χ2v) is 5.13. The second-order valence-electron chi connectivity index (χ2n) is 4.14. The van der Waals surface area contributed by atoms with Gasteiger partial charge in [-0.15, -0.1) is 11.3 Å². The van der Waals surface area contributed by atoms with E-state index in [0.717, 1.165) is 25.1 Å². The number of hydrogen-bond donors (Lipinski definition) is 2. The highest BCUT2D eigenvalue weighted by Crippen LogP contribution is 2.15. The molecule has 1 aromatic heterocycles. The van der Waals surface area contributed by atoms with Crippen LogP contribution in [-0.2, 0) is 6.54 Å². The van der Waals surface area contributed by atoms with Crippen molar-refractivity contribution in [2.45, 2.75) is 26.0 Å². The van der Waals surface area contributed by atoms with Crippen LogP contribution in [0.1, 0.15) is 23.8 Å². The molecule has 1 aromatic rings. The molecule has 17 heavy (non-hydrogen) atoms. The topological polar surface area (TPSA) is 43.7 Å². The predicted octanol–water partition coefficient (Wildman–Crippen LogP) is 1.29. The van der Waals surface area contributed by atoms with E-state index in [1.165, 1.54) is 4.88 Å². The molecule has 0 fully saturated rings. The van der Waals surface area contributed by atoms with Gasteiger partial charge < -0.3 is 15.1 Å². The molecule has 0 spiro atoms. The lowest BCUT2D eigenvalue weighted by molar-refractivity contribution is 0.163. The standard InChI is InChI=1S/C13H19NO2S/c1-11(16)5-6-14(2)9-13-8-12(10-17-13)4-3-7-15/h8,10-11,15-16H,5-7,9H2,1-2H3. The Hall–Kier alpha value is -0.860. The summed E-state index contributed by atoms with van der Waals surface area (Å²) < 4.78 is 0. The van der Waals surface area contributed by atoms with E-state index >= 15 is 0 Å². The Bertz CT molecular complexity index is 390. The highest BCUT2D eigenvalue weighted by molar-refractivity contribution is 7.10. The number of aliphatic hydroxyl groups is 2. The van der Waals surface area contributed by atoms with Crippen LogP contribution in [0.25, 0.3) is 0 Å². The largest absolute Gasteiger partial charge is 0.393 e. The van der Waals surface area contributed by atoms with E-state index in [0.29, 0.717) is 0 Å². The van der Waals surface area contributed by atoms with Crippen LogP contribution < -0.4 is 0 Å². The van der Waals surface area contributed by atoms with Gasteiger partial charge in [-0.05, 0) is 26.5 Å². The van der Waals surface area contributed by atoms with Gasteiger partial charge >= 0.3 is 0 Å². The van der Waals surface area contributed by atoms with Crippen LogP contribution >= 0.6 is 11.3 Å². The molecular formula is C13H19NO2S. The fraction of sp³-hybridized carbons (Fsp3) is 0.538. The SMILES string of the molecule is CC(O)CCN(C)Cc1cc(C#CCO)cs1. The molecular weight excluding hydrogens is 234 g/mol. The zero-order valence-electron chi connectivity index (χ0n) is 10.3. The number of aliphatic hydroxyl groups excluding tert-OH is 2. The minimum atomic E-state index is -0.244. The third-order valence-corrected chi connectivity index (χ3v) is 3.24. The molecule has 0 radical (unpaired) electrons. The summed E-state index contributed by atoms with van der Waals surface area (Å²) >= 11 is 1.67. The Labute approximate surface area is 107 Å². The average molecular weight is 253 g/mol. The van der Waals surface area contributed by atoms with Gasteiger partial charge in [-0.1, -0.05) is 11.8 Å². The fourth-order valence-electron chi connectivity index (χ4n) is 1.42. The first-order chi connectivity index (χ1) is 8.11. The monoisotopic (exact) mass is 253 g/mol. The lowest BCUT2D eigenvalue weighted by Crippen LogP contribution is -2.21. The maximum Gasteiger partial charge on any atom is 0.104 e. The Morgan fingerprint density at radius 2 is 2.29 bits per heavy atom. The van der Waals surface area contributed by atoms with Crippen molar-refractivity contribution in [3.05, 3.63) is 21.9 Å². The van der Waals surface area contributed by atoms with E-state index in [9.17, 15) is 5.11 Å². The summed E-state index contributed by atoms with van der Waals surface area (Å²) in [5.74, 6) is 5.53. The number of thiophene rings is 1. The van der Waals surface area contributed by atoms with Crippen LogP contribution in [-0.4, -0.2) is 41.4 Å². The van der Waals surface area contributed by atoms with Gasteiger partial charge in [0.25, 0.3) is 0 Å². The predicted molar refractivity (Wildman–Crippen MR) is 70.9 cm³/mol. The van der Waals surface area contributed by atoms with Gasteiger partial charge in [-0.25, -0.2) is 0 Å². The van der Waals surface area contributed by atoms with Crippen LogP contribution in [0.15, 0.2) is 11.4 Å². The van der Waals surface area contributed by atoms with Crippen molar-refractivity contribution in [3.8, 4) is 11.8 Å². The van der Waals surface area contributed by atoms with Crippen molar-refractivity contribution < 1.29 is 10.2 Å². The second kappa shape index (κ2) is 7.46. The highest BCUT2D eigenvalue weighted by Gasteiger charge is 2.04. The van der Waals surface area contributed by atoms with Crippen molar-refractivity contribution in [3.63, 3.8) is 0 Å². The van der Waals surface area contributed by atoms with E-state index < -0.39 is 0 Å². The van der Waals surface area contributed by atoms with E-state index in [1.807, 2.05) is 25.4 Å². The zero-order valence-corrected chi connectivity index (χ0v) is 11.1. The summed E-state index contributed by atoms with van der Waals surface area (Å²) in [6, 6.07) is 2.05. The Morgan fingerprint density at radius 3 is 2.94 bits per heavy atom. The minimum Gasteiger partial charge on any atom is -0.393 e. The van der Waals surface area contributed by atoms with E-state index in [2.05, 4.69) is 16.7 Å². The van der Waals surface area contributed by atoms with Crippen LogP contribution in [0.2, 0.25) is 0 Å². The van der Waals surface area contributed by atoms with E-state index in [-0.39, 0.29) is 12.7 Å². The summed E-state index contributed by atoms with van der Waals surface area (Å²) in [6.45, 7) is 3.46. The minimum absolute atomic E-state index is 0.0977. The van der Waals surface area contributed by atoms with E-state index in [4.69, 9.17) is 5.11 Å². The Kier molecular flexibility index (Phi) is 6.23. The third kappa shape index (κ3) is 5.85. The van der Waals surface area contributed by atoms with Gasteiger partial charge in [0, 0.05) is 28.9 Å². The molecule has 0 bridgehead atoms. The lowest BCUT2D eigenvalue weighted by atomic mass is 10.2. The molecule has 0 aliphatic rings. The number of hydrogen-bond acceptors (Lipinski definition) is 4. The molecule has 4 heteroatoms. The first-order valence-electron chi connectivity index (χ1n) is 5.65. The van der Waals surface area contributed by atoms with Crippen LogP contribution in [0.5, 0.6) is 0 Å².